The number of nitrogens with zero attached hydrogens (tertiary/aromatic N) is 3. The minimum Gasteiger partial charge on any atom is -0.296 e. The van der Waals surface area contributed by atoms with Crippen LogP contribution in [0.25, 0.3) is 11.2 Å². The zero-order valence-electron chi connectivity index (χ0n) is 7.16. The molecule has 0 fully saturated rings. The summed E-state index contributed by atoms with van der Waals surface area (Å²) in [5.74, 6) is -0.264. The third kappa shape index (κ3) is 1.32. The average molecular weight is 194 g/mol. The predicted octanol–water partition coefficient (Wildman–Crippen LogP) is -1.00. The summed E-state index contributed by atoms with van der Waals surface area (Å²) in [5, 5.41) is 11.8. The van der Waals surface area contributed by atoms with E-state index in [0.717, 1.165) is 0 Å². The highest BCUT2D eigenvalue weighted by atomic mass is 16.1. The highest BCUT2D eigenvalue weighted by Crippen LogP contribution is 2.00. The van der Waals surface area contributed by atoms with E-state index in [1.165, 1.54) is 6.92 Å². The zero-order chi connectivity index (χ0) is 10.1. The Morgan fingerprint density at radius 1 is 1.43 bits per heavy atom. The van der Waals surface area contributed by atoms with Crippen molar-refractivity contribution in [3.8, 4) is 0 Å². The molecule has 0 saturated carbocycles. The van der Waals surface area contributed by atoms with Gasteiger partial charge < -0.3 is 0 Å². The van der Waals surface area contributed by atoms with Gasteiger partial charge in [0.1, 0.15) is 0 Å². The number of fused-ring (bicyclic) bond motifs is 1. The van der Waals surface area contributed by atoms with E-state index in [1.54, 1.807) is 0 Å². The molecule has 0 unspecified atom stereocenters. The summed E-state index contributed by atoms with van der Waals surface area (Å²) in [6, 6.07) is 0. The van der Waals surface area contributed by atoms with Gasteiger partial charge in [0.15, 0.2) is 5.52 Å². The van der Waals surface area contributed by atoms with Crippen molar-refractivity contribution in [2.45, 2.75) is 6.92 Å². The number of amides is 1. The lowest BCUT2D eigenvalue weighted by molar-refractivity contribution is -0.114. The first-order valence-electron chi connectivity index (χ1n) is 3.75. The molecule has 0 aromatic carbocycles. The van der Waals surface area contributed by atoms with Crippen LogP contribution in [0.2, 0.25) is 0 Å². The van der Waals surface area contributed by atoms with Crippen molar-refractivity contribution in [1.29, 1.82) is 0 Å². The molecule has 8 heteroatoms. The number of carbonyl (C=O) groups excluding carboxylic acids is 1. The van der Waals surface area contributed by atoms with Crippen LogP contribution < -0.4 is 10.9 Å². The first-order valence-corrected chi connectivity index (χ1v) is 3.75. The maximum atomic E-state index is 11.3. The van der Waals surface area contributed by atoms with Crippen molar-refractivity contribution in [1.82, 2.24) is 25.4 Å². The maximum Gasteiger partial charge on any atom is 0.282 e. The Morgan fingerprint density at radius 3 is 2.93 bits per heavy atom. The predicted molar refractivity (Wildman–Crippen MR) is 46.6 cm³/mol. The molecule has 0 bridgehead atoms. The lowest BCUT2D eigenvalue weighted by Gasteiger charge is -1.97. The van der Waals surface area contributed by atoms with Gasteiger partial charge in [0, 0.05) is 6.92 Å². The highest BCUT2D eigenvalue weighted by Gasteiger charge is 2.07. The molecular formula is C6H6N6O2. The largest absolute Gasteiger partial charge is 0.296 e. The molecule has 1 amide bonds. The van der Waals surface area contributed by atoms with Crippen LogP contribution in [-0.2, 0) is 4.79 Å². The summed E-state index contributed by atoms with van der Waals surface area (Å²) in [5.41, 5.74) is -0.177. The molecule has 2 heterocycles. The van der Waals surface area contributed by atoms with Gasteiger partial charge in [-0.05, 0) is 0 Å². The summed E-state index contributed by atoms with van der Waals surface area (Å²) < 4.78 is 0. The van der Waals surface area contributed by atoms with Gasteiger partial charge >= 0.3 is 0 Å². The van der Waals surface area contributed by atoms with Crippen molar-refractivity contribution in [2.75, 3.05) is 5.32 Å². The third-order valence-electron chi connectivity index (χ3n) is 1.49. The van der Waals surface area contributed by atoms with Gasteiger partial charge in [0.25, 0.3) is 5.56 Å². The molecular weight excluding hydrogens is 188 g/mol. The minimum atomic E-state index is -0.451. The van der Waals surface area contributed by atoms with Crippen LogP contribution >= 0.6 is 0 Å². The van der Waals surface area contributed by atoms with Gasteiger partial charge in [-0.3, -0.25) is 19.9 Å². The van der Waals surface area contributed by atoms with E-state index in [4.69, 9.17) is 0 Å². The van der Waals surface area contributed by atoms with Crippen LogP contribution in [0, 0.1) is 0 Å². The third-order valence-corrected chi connectivity index (χ3v) is 1.49. The van der Waals surface area contributed by atoms with Crippen molar-refractivity contribution in [2.24, 2.45) is 0 Å². The molecule has 72 valence electrons. The quantitative estimate of drug-likeness (QED) is 0.538. The minimum absolute atomic E-state index is 0.0592. The number of hydrogen-bond donors (Lipinski definition) is 3. The second-order valence-corrected chi connectivity index (χ2v) is 2.59. The first kappa shape index (κ1) is 8.35. The smallest absolute Gasteiger partial charge is 0.282 e. The SMILES string of the molecule is CC(=O)Nc1nc2n[nH]nc2c(=O)[nH]1. The second kappa shape index (κ2) is 2.91. The number of carbonyl (C=O) groups is 1. The van der Waals surface area contributed by atoms with E-state index in [9.17, 15) is 9.59 Å². The Balaban J connectivity index is 2.58. The van der Waals surface area contributed by atoms with Crippen molar-refractivity contribution in [3.63, 3.8) is 0 Å². The monoisotopic (exact) mass is 194 g/mol. The van der Waals surface area contributed by atoms with E-state index in [0.29, 0.717) is 0 Å². The number of rotatable bonds is 1. The fourth-order valence-corrected chi connectivity index (χ4v) is 0.982. The van der Waals surface area contributed by atoms with Crippen LogP contribution in [0.5, 0.6) is 0 Å². The van der Waals surface area contributed by atoms with Crippen LogP contribution in [0.3, 0.4) is 0 Å². The van der Waals surface area contributed by atoms with Crippen LogP contribution in [0.1, 0.15) is 6.92 Å². The molecule has 3 N–H and O–H groups in total. The number of aromatic amines is 2. The molecule has 0 aliphatic rings. The molecule has 2 aromatic rings. The molecule has 0 radical (unpaired) electrons. The molecule has 0 atom stereocenters. The summed E-state index contributed by atoms with van der Waals surface area (Å²) in [6.07, 6.45) is 0. The molecule has 2 aromatic heterocycles. The Bertz CT molecular complexity index is 540. The fourth-order valence-electron chi connectivity index (χ4n) is 0.982. The van der Waals surface area contributed by atoms with Gasteiger partial charge in [-0.1, -0.05) is 0 Å². The number of hydrogen-bond acceptors (Lipinski definition) is 5. The lowest BCUT2D eigenvalue weighted by Crippen LogP contribution is -2.15. The van der Waals surface area contributed by atoms with Gasteiger partial charge in [0.2, 0.25) is 17.5 Å². The lowest BCUT2D eigenvalue weighted by atomic mass is 10.5. The maximum absolute atomic E-state index is 11.3. The number of anilines is 1. The number of H-pyrrole nitrogens is 2. The number of aromatic nitrogens is 5. The van der Waals surface area contributed by atoms with Crippen molar-refractivity contribution >= 4 is 23.0 Å². The Labute approximate surface area is 76.7 Å². The molecule has 0 aliphatic carbocycles. The first-order chi connectivity index (χ1) is 6.66. The van der Waals surface area contributed by atoms with E-state index in [2.05, 4.69) is 30.7 Å². The van der Waals surface area contributed by atoms with Crippen LogP contribution in [-0.4, -0.2) is 31.3 Å². The molecule has 0 spiro atoms. The van der Waals surface area contributed by atoms with E-state index < -0.39 is 5.56 Å². The summed E-state index contributed by atoms with van der Waals surface area (Å²) in [4.78, 5) is 28.1. The Morgan fingerprint density at radius 2 is 2.21 bits per heavy atom. The zero-order valence-corrected chi connectivity index (χ0v) is 7.16. The molecule has 2 rings (SSSR count). The van der Waals surface area contributed by atoms with Gasteiger partial charge in [-0.2, -0.15) is 10.2 Å². The topological polar surface area (TPSA) is 116 Å². The normalized spacial score (nSPS) is 10.4. The molecule has 0 saturated heterocycles. The van der Waals surface area contributed by atoms with Crippen LogP contribution in [0.4, 0.5) is 5.95 Å². The number of nitrogens with one attached hydrogen (secondary N) is 3. The Kier molecular flexibility index (Phi) is 1.73. The van der Waals surface area contributed by atoms with Gasteiger partial charge in [0.05, 0.1) is 0 Å². The highest BCUT2D eigenvalue weighted by molar-refractivity contribution is 5.87. The van der Waals surface area contributed by atoms with Crippen LogP contribution in [0.15, 0.2) is 4.79 Å². The Hall–Kier alpha value is -2.25. The van der Waals surface area contributed by atoms with E-state index >= 15 is 0 Å². The second-order valence-electron chi connectivity index (χ2n) is 2.59. The standard InChI is InChI=1S/C6H6N6O2/c1-2(13)7-6-8-4-3(5(14)9-6)10-12-11-4/h1H3,(H3,7,8,9,10,11,12,13,14). The van der Waals surface area contributed by atoms with Gasteiger partial charge in [-0.25, -0.2) is 0 Å². The summed E-state index contributed by atoms with van der Waals surface area (Å²) in [6.45, 7) is 1.31. The summed E-state index contributed by atoms with van der Waals surface area (Å²) in [7, 11) is 0. The fraction of sp³-hybridized carbons (Fsp3) is 0.167. The summed E-state index contributed by atoms with van der Waals surface area (Å²) >= 11 is 0. The van der Waals surface area contributed by atoms with Crippen molar-refractivity contribution < 1.29 is 4.79 Å². The molecule has 0 aliphatic heterocycles. The van der Waals surface area contributed by atoms with E-state index in [-0.39, 0.29) is 23.0 Å². The molecule has 8 nitrogen and oxygen atoms in total. The van der Waals surface area contributed by atoms with Gasteiger partial charge in [-0.15, -0.1) is 10.2 Å². The average Bonchev–Trinajstić information content (AvgIpc) is 2.50. The molecule has 14 heavy (non-hydrogen) atoms. The van der Waals surface area contributed by atoms with Crippen molar-refractivity contribution in [3.05, 3.63) is 10.4 Å². The van der Waals surface area contributed by atoms with E-state index in [1.807, 2.05) is 0 Å².